The van der Waals surface area contributed by atoms with Crippen LogP contribution in [0.5, 0.6) is 11.5 Å². The van der Waals surface area contributed by atoms with Crippen LogP contribution in [0.25, 0.3) is 11.0 Å². The van der Waals surface area contributed by atoms with Gasteiger partial charge in [0, 0.05) is 0 Å². The second kappa shape index (κ2) is 8.16. The minimum Gasteiger partial charge on any atom is -0.454 e. The van der Waals surface area contributed by atoms with Crippen LogP contribution in [0.2, 0.25) is 0 Å². The number of rotatable bonds is 6. The lowest BCUT2D eigenvalue weighted by molar-refractivity contribution is -0.905. The molecule has 2 aromatic carbocycles. The molecular weight excluding hydrogens is 380 g/mol. The van der Waals surface area contributed by atoms with Gasteiger partial charge < -0.3 is 19.5 Å². The van der Waals surface area contributed by atoms with Crippen LogP contribution in [0.1, 0.15) is 30.9 Å². The van der Waals surface area contributed by atoms with E-state index in [0.717, 1.165) is 35.4 Å². The van der Waals surface area contributed by atoms with Gasteiger partial charge in [-0.3, -0.25) is 5.73 Å². The molecule has 0 amide bonds. The molecule has 2 aliphatic rings. The maximum atomic E-state index is 10.9. The van der Waals surface area contributed by atoms with Crippen molar-refractivity contribution in [3.8, 4) is 11.5 Å². The number of quaternary nitrogens is 1. The Morgan fingerprint density at radius 1 is 1.07 bits per heavy atom. The van der Waals surface area contributed by atoms with Crippen molar-refractivity contribution >= 4 is 17.0 Å². The molecule has 1 atom stereocenters. The summed E-state index contributed by atoms with van der Waals surface area (Å²) in [6.45, 7) is 5.07. The topological polar surface area (TPSA) is 78.0 Å². The summed E-state index contributed by atoms with van der Waals surface area (Å²) < 4.78 is 15.1. The van der Waals surface area contributed by atoms with E-state index in [4.69, 9.17) is 15.2 Å². The number of nitrogen functional groups attached to an aromatic ring is 1. The lowest BCUT2D eigenvalue weighted by atomic mass is 10.1. The highest BCUT2D eigenvalue weighted by atomic mass is 16.7. The van der Waals surface area contributed by atoms with Crippen molar-refractivity contribution < 1.29 is 24.0 Å². The number of likely N-dealkylation sites (tertiary alicyclic amines) is 1. The molecule has 2 aliphatic heterocycles. The molecule has 7 nitrogen and oxygen atoms in total. The molecule has 1 aromatic heterocycles. The lowest BCUT2D eigenvalue weighted by Gasteiger charge is -2.22. The van der Waals surface area contributed by atoms with Crippen LogP contribution >= 0.6 is 0 Å². The highest BCUT2D eigenvalue weighted by molar-refractivity contribution is 5.73. The van der Waals surface area contributed by atoms with Crippen LogP contribution in [0.3, 0.4) is 0 Å². The predicted octanol–water partition coefficient (Wildman–Crippen LogP) is 1.04. The number of fused-ring (bicyclic) bond motifs is 2. The number of nitrogens with one attached hydrogen (secondary N) is 1. The molecule has 0 saturated carbocycles. The summed E-state index contributed by atoms with van der Waals surface area (Å²) in [4.78, 5) is 1.66. The molecule has 0 bridgehead atoms. The molecule has 0 spiro atoms. The minimum atomic E-state index is -0.696. The zero-order valence-electron chi connectivity index (χ0n) is 17.2. The second-order valence-electron chi connectivity index (χ2n) is 8.30. The Labute approximate surface area is 176 Å². The predicted molar refractivity (Wildman–Crippen MR) is 113 cm³/mol. The molecule has 4 N–H and O–H groups in total. The zero-order chi connectivity index (χ0) is 20.5. The Bertz CT molecular complexity index is 1040. The molecule has 5 rings (SSSR count). The fraction of sp³-hybridized carbons (Fsp3) is 0.435. The average molecular weight is 411 g/mol. The average Bonchev–Trinajstić information content (AvgIpc) is 3.35. The van der Waals surface area contributed by atoms with E-state index in [2.05, 4.69) is 16.7 Å². The normalized spacial score (nSPS) is 17.5. The van der Waals surface area contributed by atoms with E-state index < -0.39 is 6.10 Å². The summed E-state index contributed by atoms with van der Waals surface area (Å²) in [6, 6.07) is 13.8. The number of benzene rings is 2. The van der Waals surface area contributed by atoms with Gasteiger partial charge >= 0.3 is 5.95 Å². The van der Waals surface area contributed by atoms with Crippen molar-refractivity contribution in [2.24, 2.45) is 0 Å². The molecule has 0 unspecified atom stereocenters. The highest BCUT2D eigenvalue weighted by Gasteiger charge is 2.25. The van der Waals surface area contributed by atoms with Gasteiger partial charge in [0.25, 0.3) is 0 Å². The molecule has 1 fully saturated rings. The van der Waals surface area contributed by atoms with Crippen LogP contribution < -0.4 is 24.7 Å². The van der Waals surface area contributed by atoms with Crippen molar-refractivity contribution in [1.82, 2.24) is 4.57 Å². The molecule has 7 heteroatoms. The van der Waals surface area contributed by atoms with Gasteiger partial charge in [-0.25, -0.2) is 9.13 Å². The van der Waals surface area contributed by atoms with Crippen molar-refractivity contribution in [3.63, 3.8) is 0 Å². The number of anilines is 1. The molecule has 158 valence electrons. The van der Waals surface area contributed by atoms with Crippen LogP contribution in [-0.4, -0.2) is 36.1 Å². The third kappa shape index (κ3) is 3.59. The van der Waals surface area contributed by atoms with Gasteiger partial charge in [-0.05, 0) is 49.1 Å². The molecule has 3 aromatic rings. The summed E-state index contributed by atoms with van der Waals surface area (Å²) in [5, 5.41) is 10.9. The fourth-order valence-electron chi connectivity index (χ4n) is 4.71. The van der Waals surface area contributed by atoms with E-state index in [0.29, 0.717) is 18.2 Å². The van der Waals surface area contributed by atoms with E-state index >= 15 is 0 Å². The third-order valence-corrected chi connectivity index (χ3v) is 6.40. The SMILES string of the molecule is Nc1n(CC[NH+]2CCCCC2)c2ccccc2[n+]1C[C@H](O)c1ccc2c(c1)OCO2. The van der Waals surface area contributed by atoms with Crippen molar-refractivity contribution in [2.75, 3.05) is 32.2 Å². The van der Waals surface area contributed by atoms with Crippen molar-refractivity contribution in [3.05, 3.63) is 48.0 Å². The van der Waals surface area contributed by atoms with Crippen LogP contribution in [-0.2, 0) is 13.1 Å². The minimum absolute atomic E-state index is 0.225. The van der Waals surface area contributed by atoms with Crippen LogP contribution in [0.15, 0.2) is 42.5 Å². The number of ether oxygens (including phenoxy) is 2. The number of nitrogens with zero attached hydrogens (tertiary/aromatic N) is 2. The highest BCUT2D eigenvalue weighted by Crippen LogP contribution is 2.34. The van der Waals surface area contributed by atoms with E-state index in [1.807, 2.05) is 34.9 Å². The molecule has 0 aliphatic carbocycles. The number of hydrogen-bond donors (Lipinski definition) is 3. The summed E-state index contributed by atoms with van der Waals surface area (Å²) in [5.74, 6) is 2.08. The first-order valence-corrected chi connectivity index (χ1v) is 10.9. The Kier molecular flexibility index (Phi) is 5.23. The first kappa shape index (κ1) is 19.2. The Morgan fingerprint density at radius 3 is 2.73 bits per heavy atom. The monoisotopic (exact) mass is 410 g/mol. The smallest absolute Gasteiger partial charge is 0.356 e. The Balaban J connectivity index is 1.40. The van der Waals surface area contributed by atoms with Gasteiger partial charge in [0.15, 0.2) is 11.5 Å². The van der Waals surface area contributed by atoms with Gasteiger partial charge in [0.2, 0.25) is 6.79 Å². The lowest BCUT2D eigenvalue weighted by Crippen LogP contribution is -3.13. The molecule has 30 heavy (non-hydrogen) atoms. The fourth-order valence-corrected chi connectivity index (χ4v) is 4.71. The van der Waals surface area contributed by atoms with Crippen LogP contribution in [0.4, 0.5) is 5.95 Å². The van der Waals surface area contributed by atoms with Crippen LogP contribution in [0, 0.1) is 0 Å². The zero-order valence-corrected chi connectivity index (χ0v) is 17.2. The summed E-state index contributed by atoms with van der Waals surface area (Å²) in [6.07, 6.45) is 3.30. The number of piperidine rings is 1. The summed E-state index contributed by atoms with van der Waals surface area (Å²) >= 11 is 0. The molecule has 1 saturated heterocycles. The van der Waals surface area contributed by atoms with Gasteiger partial charge in [-0.2, -0.15) is 0 Å². The quantitative estimate of drug-likeness (QED) is 0.531. The maximum Gasteiger partial charge on any atom is 0.356 e. The molecular formula is C23H30N4O3+2. The van der Waals surface area contributed by atoms with E-state index in [1.54, 1.807) is 4.90 Å². The van der Waals surface area contributed by atoms with Gasteiger partial charge in [0.05, 0.1) is 13.1 Å². The number of aromatic nitrogens is 2. The van der Waals surface area contributed by atoms with E-state index in [-0.39, 0.29) is 6.79 Å². The number of nitrogens with two attached hydrogens (primary N) is 1. The van der Waals surface area contributed by atoms with Gasteiger partial charge in [-0.15, -0.1) is 0 Å². The first-order valence-electron chi connectivity index (χ1n) is 10.9. The van der Waals surface area contributed by atoms with Gasteiger partial charge in [0.1, 0.15) is 36.8 Å². The Hall–Kier alpha value is -2.77. The number of para-hydroxylation sites is 2. The first-order chi connectivity index (χ1) is 14.7. The van der Waals surface area contributed by atoms with Crippen molar-refractivity contribution in [1.29, 1.82) is 0 Å². The molecule has 3 heterocycles. The standard InChI is InChI=1S/C23H28N4O3/c24-23-26(13-12-25-10-4-1-5-11-25)18-6-2-3-7-19(18)27(23)15-20(28)17-8-9-21-22(14-17)30-16-29-21/h2-3,6-9,14,20,24,28H,1,4-5,10-13,15-16H2/p+2/t20-/m0/s1. The number of imidazole rings is 1. The Morgan fingerprint density at radius 2 is 1.87 bits per heavy atom. The summed E-state index contributed by atoms with van der Waals surface area (Å²) in [5.41, 5.74) is 9.56. The van der Waals surface area contributed by atoms with E-state index in [9.17, 15) is 5.11 Å². The van der Waals surface area contributed by atoms with Gasteiger partial charge in [-0.1, -0.05) is 18.2 Å². The number of aliphatic hydroxyl groups is 1. The summed E-state index contributed by atoms with van der Waals surface area (Å²) in [7, 11) is 0. The molecule has 0 radical (unpaired) electrons. The maximum absolute atomic E-state index is 10.9. The van der Waals surface area contributed by atoms with Crippen molar-refractivity contribution in [2.45, 2.75) is 38.5 Å². The number of hydrogen-bond acceptors (Lipinski definition) is 4. The largest absolute Gasteiger partial charge is 0.454 e. The third-order valence-electron chi connectivity index (χ3n) is 6.40. The second-order valence-corrected chi connectivity index (χ2v) is 8.30. The number of aliphatic hydroxyl groups excluding tert-OH is 1. The van der Waals surface area contributed by atoms with E-state index in [1.165, 1.54) is 32.4 Å².